The van der Waals surface area contributed by atoms with E-state index in [4.69, 9.17) is 23.2 Å². The highest BCUT2D eigenvalue weighted by molar-refractivity contribution is 6.37. The number of aromatic nitrogens is 5. The van der Waals surface area contributed by atoms with E-state index in [1.165, 1.54) is 23.9 Å². The summed E-state index contributed by atoms with van der Waals surface area (Å²) < 4.78 is 55.7. The number of nitrogens with one attached hydrogen (secondary N) is 1. The van der Waals surface area contributed by atoms with Crippen LogP contribution in [-0.2, 0) is 12.7 Å². The minimum Gasteiger partial charge on any atom is -0.302 e. The summed E-state index contributed by atoms with van der Waals surface area (Å²) in [5.41, 5.74) is -1.55. The van der Waals surface area contributed by atoms with Gasteiger partial charge in [-0.05, 0) is 19.1 Å². The number of rotatable bonds is 4. The van der Waals surface area contributed by atoms with Crippen LogP contribution < -0.4 is 5.32 Å². The van der Waals surface area contributed by atoms with Crippen molar-refractivity contribution in [3.05, 3.63) is 75.0 Å². The summed E-state index contributed by atoms with van der Waals surface area (Å²) >= 11 is 12.2. The first-order chi connectivity index (χ1) is 15.0. The van der Waals surface area contributed by atoms with Gasteiger partial charge in [-0.1, -0.05) is 41.4 Å². The van der Waals surface area contributed by atoms with Crippen LogP contribution in [0.4, 0.5) is 23.4 Å². The first-order valence-electron chi connectivity index (χ1n) is 8.95. The van der Waals surface area contributed by atoms with Gasteiger partial charge in [0.2, 0.25) is 0 Å². The lowest BCUT2D eigenvalue weighted by molar-refractivity contribution is -0.142. The van der Waals surface area contributed by atoms with Gasteiger partial charge in [-0.25, -0.2) is 13.9 Å². The van der Waals surface area contributed by atoms with Crippen molar-refractivity contribution in [1.29, 1.82) is 0 Å². The highest BCUT2D eigenvalue weighted by Crippen LogP contribution is 2.32. The quantitative estimate of drug-likeness (QED) is 0.411. The lowest BCUT2D eigenvalue weighted by atomic mass is 10.2. The Labute approximate surface area is 187 Å². The van der Waals surface area contributed by atoms with E-state index in [0.29, 0.717) is 10.1 Å². The first-order valence-corrected chi connectivity index (χ1v) is 9.71. The van der Waals surface area contributed by atoms with Gasteiger partial charge in [0, 0.05) is 17.5 Å². The highest BCUT2D eigenvalue weighted by atomic mass is 35.5. The van der Waals surface area contributed by atoms with Crippen LogP contribution in [0.2, 0.25) is 10.0 Å². The fraction of sp³-hybridized carbons (Fsp3) is 0.158. The molecule has 0 fully saturated rings. The van der Waals surface area contributed by atoms with Crippen LogP contribution >= 0.6 is 23.2 Å². The molecule has 13 heteroatoms. The number of hydrogen-bond acceptors (Lipinski definition) is 4. The number of halogens is 6. The van der Waals surface area contributed by atoms with Gasteiger partial charge in [-0.2, -0.15) is 23.4 Å². The van der Waals surface area contributed by atoms with Crippen molar-refractivity contribution < 1.29 is 22.4 Å². The van der Waals surface area contributed by atoms with Crippen molar-refractivity contribution in [1.82, 2.24) is 24.4 Å². The Morgan fingerprint density at radius 1 is 1.19 bits per heavy atom. The van der Waals surface area contributed by atoms with Gasteiger partial charge in [0.05, 0.1) is 6.54 Å². The van der Waals surface area contributed by atoms with Crippen LogP contribution in [0.3, 0.4) is 0 Å². The molecule has 1 N–H and O–H groups in total. The molecule has 3 aromatic heterocycles. The van der Waals surface area contributed by atoms with E-state index in [1.807, 2.05) is 0 Å². The zero-order valence-electron chi connectivity index (χ0n) is 16.1. The number of nitrogens with zero attached hydrogens (tertiary/aromatic N) is 5. The number of aryl methyl sites for hydroxylation is 1. The second-order valence-electron chi connectivity index (χ2n) is 6.75. The summed E-state index contributed by atoms with van der Waals surface area (Å²) in [5, 5.41) is 9.79. The number of carbonyl (C=O) groups excluding carboxylic acids is 1. The van der Waals surface area contributed by atoms with Gasteiger partial charge in [0.15, 0.2) is 17.2 Å². The predicted octanol–water partition coefficient (Wildman–Crippen LogP) is 5.00. The molecular formula is C19H12Cl2F4N6O. The molecule has 0 radical (unpaired) electrons. The molecule has 32 heavy (non-hydrogen) atoms. The van der Waals surface area contributed by atoms with Crippen molar-refractivity contribution in [3.8, 4) is 0 Å². The lowest BCUT2D eigenvalue weighted by Gasteiger charge is -2.09. The largest absolute Gasteiger partial charge is 0.433 e. The third kappa shape index (κ3) is 4.13. The van der Waals surface area contributed by atoms with Crippen molar-refractivity contribution in [3.63, 3.8) is 0 Å². The molecule has 0 saturated carbocycles. The van der Waals surface area contributed by atoms with Gasteiger partial charge in [-0.15, -0.1) is 0 Å². The molecule has 0 aliphatic carbocycles. The fourth-order valence-corrected chi connectivity index (χ4v) is 3.43. The molecular weight excluding hydrogens is 475 g/mol. The Morgan fingerprint density at radius 3 is 2.59 bits per heavy atom. The smallest absolute Gasteiger partial charge is 0.302 e. The van der Waals surface area contributed by atoms with Crippen LogP contribution in [0.1, 0.15) is 27.4 Å². The van der Waals surface area contributed by atoms with Crippen LogP contribution in [-0.4, -0.2) is 30.3 Å². The number of hydrogen-bond donors (Lipinski definition) is 1. The molecule has 0 saturated heterocycles. The molecule has 1 amide bonds. The van der Waals surface area contributed by atoms with E-state index in [1.54, 1.807) is 18.2 Å². The molecule has 166 valence electrons. The molecule has 1 aromatic carbocycles. The summed E-state index contributed by atoms with van der Waals surface area (Å²) in [6.07, 6.45) is -3.38. The second kappa shape index (κ2) is 8.06. The van der Waals surface area contributed by atoms with Crippen LogP contribution in [0.25, 0.3) is 5.65 Å². The van der Waals surface area contributed by atoms with Crippen molar-refractivity contribution in [2.24, 2.45) is 0 Å². The predicted molar refractivity (Wildman–Crippen MR) is 108 cm³/mol. The molecule has 7 nitrogen and oxygen atoms in total. The van der Waals surface area contributed by atoms with E-state index >= 15 is 0 Å². The number of carbonyl (C=O) groups is 1. The van der Waals surface area contributed by atoms with E-state index in [0.717, 1.165) is 6.07 Å². The highest BCUT2D eigenvalue weighted by Gasteiger charge is 2.36. The summed E-state index contributed by atoms with van der Waals surface area (Å²) in [4.78, 5) is 16.6. The Hall–Kier alpha value is -3.18. The Kier molecular flexibility index (Phi) is 5.55. The Bertz CT molecular complexity index is 1350. The average Bonchev–Trinajstić information content (AvgIpc) is 3.22. The van der Waals surface area contributed by atoms with Crippen molar-refractivity contribution in [2.45, 2.75) is 19.6 Å². The maximum atomic E-state index is 13.8. The molecule has 0 aliphatic heterocycles. The van der Waals surface area contributed by atoms with Gasteiger partial charge >= 0.3 is 6.18 Å². The Balaban J connectivity index is 1.64. The van der Waals surface area contributed by atoms with Gasteiger partial charge in [0.25, 0.3) is 5.91 Å². The third-order valence-electron chi connectivity index (χ3n) is 4.41. The molecule has 3 heterocycles. The SMILES string of the molecule is Cc1cc(C(F)(F)F)n2nc(C(=O)Nc3nn(Cc4ccccc4F)cc3Cl)c(Cl)c2n1. The van der Waals surface area contributed by atoms with Gasteiger partial charge in [-0.3, -0.25) is 9.48 Å². The van der Waals surface area contributed by atoms with E-state index < -0.39 is 29.3 Å². The average molecular weight is 487 g/mol. The lowest BCUT2D eigenvalue weighted by Crippen LogP contribution is -2.16. The summed E-state index contributed by atoms with van der Waals surface area (Å²) in [5.74, 6) is -1.48. The van der Waals surface area contributed by atoms with E-state index in [2.05, 4.69) is 20.5 Å². The van der Waals surface area contributed by atoms with Crippen LogP contribution in [0.15, 0.2) is 36.5 Å². The van der Waals surface area contributed by atoms with Gasteiger partial charge < -0.3 is 5.32 Å². The molecule has 0 atom stereocenters. The van der Waals surface area contributed by atoms with Crippen molar-refractivity contribution >= 4 is 40.6 Å². The number of anilines is 1. The number of benzene rings is 1. The minimum absolute atomic E-state index is 0.0273. The first kappa shape index (κ1) is 22.0. The summed E-state index contributed by atoms with van der Waals surface area (Å²) in [7, 11) is 0. The third-order valence-corrected chi connectivity index (χ3v) is 5.03. The van der Waals surface area contributed by atoms with E-state index in [9.17, 15) is 22.4 Å². The zero-order valence-corrected chi connectivity index (χ0v) is 17.6. The second-order valence-corrected chi connectivity index (χ2v) is 7.53. The van der Waals surface area contributed by atoms with Crippen LogP contribution in [0, 0.1) is 12.7 Å². The zero-order chi connectivity index (χ0) is 23.2. The molecule has 0 unspecified atom stereocenters. The van der Waals surface area contributed by atoms with Gasteiger partial charge in [0.1, 0.15) is 21.6 Å². The summed E-state index contributed by atoms with van der Waals surface area (Å²) in [6.45, 7) is 1.40. The standard InChI is InChI=1S/C19H12Cl2F4N6O/c1-9-6-13(19(23,24)25)31-17(26-9)14(21)15(28-31)18(32)27-16-11(20)8-30(29-16)7-10-4-2-3-5-12(10)22/h2-6,8H,7H2,1H3,(H,27,29,32). The molecule has 0 aliphatic rings. The van der Waals surface area contributed by atoms with E-state index in [-0.39, 0.29) is 33.7 Å². The van der Waals surface area contributed by atoms with Crippen LogP contribution in [0.5, 0.6) is 0 Å². The maximum Gasteiger partial charge on any atom is 0.433 e. The fourth-order valence-electron chi connectivity index (χ4n) is 2.99. The normalized spacial score (nSPS) is 11.8. The van der Waals surface area contributed by atoms with Crippen molar-refractivity contribution in [2.75, 3.05) is 5.32 Å². The molecule has 0 bridgehead atoms. The molecule has 4 rings (SSSR count). The Morgan fingerprint density at radius 2 is 1.91 bits per heavy atom. The molecule has 4 aromatic rings. The monoisotopic (exact) mass is 486 g/mol. The molecule has 0 spiro atoms. The number of amides is 1. The number of alkyl halides is 3. The minimum atomic E-state index is -4.75. The maximum absolute atomic E-state index is 13.8. The number of fused-ring (bicyclic) bond motifs is 1. The topological polar surface area (TPSA) is 77.1 Å². The summed E-state index contributed by atoms with van der Waals surface area (Å²) in [6, 6.07) is 6.84.